The summed E-state index contributed by atoms with van der Waals surface area (Å²) in [6.07, 6.45) is 1.02. The number of hydrogen-bond donors (Lipinski definition) is 1. The highest BCUT2D eigenvalue weighted by Gasteiger charge is 2.17. The molecule has 2 aromatic rings. The normalized spacial score (nSPS) is 12.7. The fraction of sp³-hybridized carbons (Fsp3) is 0.375. The van der Waals surface area contributed by atoms with Crippen LogP contribution in [0, 0.1) is 20.8 Å². The highest BCUT2D eigenvalue weighted by molar-refractivity contribution is 9.13. The number of aryl methyl sites for hydroxylation is 3. The molecule has 0 amide bonds. The molecule has 0 radical (unpaired) electrons. The number of rotatable bonds is 4. The molecule has 1 nitrogen and oxygen atoms in total. The summed E-state index contributed by atoms with van der Waals surface area (Å²) < 4.78 is 2.29. The van der Waals surface area contributed by atoms with Gasteiger partial charge in [0.2, 0.25) is 0 Å². The predicted molar refractivity (Wildman–Crippen MR) is 95.9 cm³/mol. The number of benzene rings is 1. The van der Waals surface area contributed by atoms with Crippen molar-refractivity contribution in [3.63, 3.8) is 0 Å². The zero-order valence-electron chi connectivity index (χ0n) is 12.2. The van der Waals surface area contributed by atoms with E-state index in [0.29, 0.717) is 6.04 Å². The molecular formula is C16H19Br2NS. The van der Waals surface area contributed by atoms with Gasteiger partial charge in [0.05, 0.1) is 3.79 Å². The maximum absolute atomic E-state index is 3.58. The Labute approximate surface area is 142 Å². The highest BCUT2D eigenvalue weighted by Crippen LogP contribution is 2.37. The Balaban J connectivity index is 2.31. The lowest BCUT2D eigenvalue weighted by atomic mass is 9.94. The maximum Gasteiger partial charge on any atom is 0.0843 e. The van der Waals surface area contributed by atoms with Crippen LogP contribution < -0.4 is 5.32 Å². The van der Waals surface area contributed by atoms with E-state index in [9.17, 15) is 0 Å². The first kappa shape index (κ1) is 16.2. The van der Waals surface area contributed by atoms with Gasteiger partial charge in [-0.2, -0.15) is 0 Å². The zero-order chi connectivity index (χ0) is 14.9. The molecule has 0 spiro atoms. The van der Waals surface area contributed by atoms with Crippen LogP contribution in [0.25, 0.3) is 0 Å². The third-order valence-electron chi connectivity index (χ3n) is 3.60. The van der Waals surface area contributed by atoms with Crippen LogP contribution in [0.3, 0.4) is 0 Å². The number of likely N-dealkylation sites (N-methyl/N-ethyl adjacent to an activating group) is 1. The lowest BCUT2D eigenvalue weighted by molar-refractivity contribution is 0.599. The molecule has 0 bridgehead atoms. The van der Waals surface area contributed by atoms with Gasteiger partial charge in [0, 0.05) is 15.4 Å². The Hall–Kier alpha value is -0.160. The van der Waals surface area contributed by atoms with Crippen molar-refractivity contribution in [3.05, 3.63) is 53.6 Å². The average molecular weight is 417 g/mol. The molecule has 0 aliphatic carbocycles. The van der Waals surface area contributed by atoms with Crippen LogP contribution in [0.15, 0.2) is 26.5 Å². The second kappa shape index (κ2) is 6.73. The lowest BCUT2D eigenvalue weighted by Crippen LogP contribution is -2.18. The van der Waals surface area contributed by atoms with E-state index in [-0.39, 0.29) is 0 Å². The first-order valence-electron chi connectivity index (χ1n) is 6.61. The Morgan fingerprint density at radius 1 is 1.10 bits per heavy atom. The van der Waals surface area contributed by atoms with Crippen LogP contribution >= 0.6 is 43.2 Å². The van der Waals surface area contributed by atoms with Crippen molar-refractivity contribution in [1.29, 1.82) is 0 Å². The Morgan fingerprint density at radius 3 is 2.15 bits per heavy atom. The first-order chi connectivity index (χ1) is 9.42. The molecule has 0 saturated carbocycles. The van der Waals surface area contributed by atoms with Crippen molar-refractivity contribution in [3.8, 4) is 0 Å². The predicted octanol–water partition coefficient (Wildman–Crippen LogP) is 5.70. The minimum atomic E-state index is 0.350. The largest absolute Gasteiger partial charge is 0.312 e. The van der Waals surface area contributed by atoms with Crippen molar-refractivity contribution in [2.75, 3.05) is 7.05 Å². The molecule has 0 aliphatic heterocycles. The van der Waals surface area contributed by atoms with E-state index >= 15 is 0 Å². The van der Waals surface area contributed by atoms with Crippen LogP contribution in [0.1, 0.15) is 33.2 Å². The Kier molecular flexibility index (Phi) is 5.46. The van der Waals surface area contributed by atoms with Gasteiger partial charge in [-0.05, 0) is 88.9 Å². The van der Waals surface area contributed by atoms with Crippen molar-refractivity contribution in [2.45, 2.75) is 33.2 Å². The minimum absolute atomic E-state index is 0.350. The summed E-state index contributed by atoms with van der Waals surface area (Å²) in [6.45, 7) is 6.58. The molecule has 0 aliphatic rings. The molecule has 1 unspecified atom stereocenters. The van der Waals surface area contributed by atoms with Crippen LogP contribution in [0.5, 0.6) is 0 Å². The number of thiophene rings is 1. The van der Waals surface area contributed by atoms with Gasteiger partial charge in [-0.3, -0.25) is 0 Å². The van der Waals surface area contributed by atoms with E-state index in [0.717, 1.165) is 14.7 Å². The number of hydrogen-bond acceptors (Lipinski definition) is 2. The minimum Gasteiger partial charge on any atom is -0.312 e. The van der Waals surface area contributed by atoms with Gasteiger partial charge in [-0.1, -0.05) is 17.7 Å². The van der Waals surface area contributed by atoms with Crippen molar-refractivity contribution < 1.29 is 0 Å². The van der Waals surface area contributed by atoms with Gasteiger partial charge in [-0.15, -0.1) is 11.3 Å². The SMILES string of the molecule is CNC(Cc1c(C)cc(C)cc1C)c1cc(Br)c(Br)s1. The Bertz CT molecular complexity index is 576. The fourth-order valence-corrected chi connectivity index (χ4v) is 4.82. The van der Waals surface area contributed by atoms with Gasteiger partial charge in [0.25, 0.3) is 0 Å². The lowest BCUT2D eigenvalue weighted by Gasteiger charge is -2.18. The summed E-state index contributed by atoms with van der Waals surface area (Å²) in [7, 11) is 2.03. The summed E-state index contributed by atoms with van der Waals surface area (Å²) in [5, 5.41) is 3.45. The van der Waals surface area contributed by atoms with E-state index in [1.807, 2.05) is 7.05 Å². The summed E-state index contributed by atoms with van der Waals surface area (Å²) in [5.41, 5.74) is 5.57. The summed E-state index contributed by atoms with van der Waals surface area (Å²) >= 11 is 8.94. The molecule has 20 heavy (non-hydrogen) atoms. The highest BCUT2D eigenvalue weighted by atomic mass is 79.9. The van der Waals surface area contributed by atoms with Crippen molar-refractivity contribution in [1.82, 2.24) is 5.32 Å². The molecule has 0 saturated heterocycles. The topological polar surface area (TPSA) is 12.0 Å². The zero-order valence-corrected chi connectivity index (χ0v) is 16.2. The second-order valence-corrected chi connectivity index (χ2v) is 8.45. The van der Waals surface area contributed by atoms with Gasteiger partial charge in [0.1, 0.15) is 0 Å². The summed E-state index contributed by atoms with van der Waals surface area (Å²) in [6, 6.07) is 7.10. The molecule has 1 aromatic carbocycles. The van der Waals surface area contributed by atoms with Gasteiger partial charge in [0.15, 0.2) is 0 Å². The second-order valence-electron chi connectivity index (χ2n) is 5.19. The van der Waals surface area contributed by atoms with Gasteiger partial charge >= 0.3 is 0 Å². The van der Waals surface area contributed by atoms with Crippen molar-refractivity contribution in [2.24, 2.45) is 0 Å². The number of halogens is 2. The van der Waals surface area contributed by atoms with E-state index in [1.54, 1.807) is 11.3 Å². The summed E-state index contributed by atoms with van der Waals surface area (Å²) in [5.74, 6) is 0. The molecule has 1 heterocycles. The molecule has 2 rings (SSSR count). The van der Waals surface area contributed by atoms with Gasteiger partial charge < -0.3 is 5.32 Å². The van der Waals surface area contributed by atoms with E-state index in [1.165, 1.54) is 27.1 Å². The molecule has 1 atom stereocenters. The summed E-state index contributed by atoms with van der Waals surface area (Å²) in [4.78, 5) is 1.35. The molecule has 0 fully saturated rings. The Morgan fingerprint density at radius 2 is 1.70 bits per heavy atom. The fourth-order valence-electron chi connectivity index (χ4n) is 2.62. The standard InChI is InChI=1S/C16H19Br2NS/c1-9-5-10(2)12(11(3)6-9)7-14(19-4)15-8-13(17)16(18)20-15/h5-6,8,14,19H,7H2,1-4H3. The van der Waals surface area contributed by atoms with E-state index in [4.69, 9.17) is 0 Å². The number of nitrogens with one attached hydrogen (secondary N) is 1. The third kappa shape index (κ3) is 3.53. The van der Waals surface area contributed by atoms with E-state index < -0.39 is 0 Å². The molecule has 4 heteroatoms. The van der Waals surface area contributed by atoms with Crippen molar-refractivity contribution >= 4 is 43.2 Å². The van der Waals surface area contributed by atoms with Crippen LogP contribution in [0.4, 0.5) is 0 Å². The molecule has 1 aromatic heterocycles. The first-order valence-corrected chi connectivity index (χ1v) is 9.01. The molecule has 1 N–H and O–H groups in total. The van der Waals surface area contributed by atoms with Gasteiger partial charge in [-0.25, -0.2) is 0 Å². The maximum atomic E-state index is 3.58. The van der Waals surface area contributed by atoms with Crippen LogP contribution in [-0.4, -0.2) is 7.05 Å². The average Bonchev–Trinajstić information content (AvgIpc) is 2.68. The van der Waals surface area contributed by atoms with E-state index in [2.05, 4.69) is 76.1 Å². The quantitative estimate of drug-likeness (QED) is 0.673. The van der Waals surface area contributed by atoms with Crippen LogP contribution in [-0.2, 0) is 6.42 Å². The monoisotopic (exact) mass is 415 g/mol. The molecule has 108 valence electrons. The smallest absolute Gasteiger partial charge is 0.0843 e. The van der Waals surface area contributed by atoms with Crippen LogP contribution in [0.2, 0.25) is 0 Å². The molecular weight excluding hydrogens is 398 g/mol. The third-order valence-corrected chi connectivity index (χ3v) is 6.97.